The van der Waals surface area contributed by atoms with Gasteiger partial charge in [-0.15, -0.1) is 0 Å². The Hall–Kier alpha value is -2.91. The number of fused-ring (bicyclic) bond motifs is 4. The van der Waals surface area contributed by atoms with Crippen LogP contribution in [0.15, 0.2) is 23.1 Å². The van der Waals surface area contributed by atoms with Crippen molar-refractivity contribution in [3.63, 3.8) is 0 Å². The zero-order valence-electron chi connectivity index (χ0n) is 17.1. The molecule has 0 aliphatic carbocycles. The van der Waals surface area contributed by atoms with Crippen molar-refractivity contribution >= 4 is 39.5 Å². The topological polar surface area (TPSA) is 97.8 Å². The molecule has 10 heteroatoms. The molecule has 0 radical (unpaired) electrons. The summed E-state index contributed by atoms with van der Waals surface area (Å²) in [4.78, 5) is 23.4. The molecule has 0 amide bonds. The Balaban J connectivity index is 1.55. The van der Waals surface area contributed by atoms with Gasteiger partial charge in [-0.25, -0.2) is 4.39 Å². The van der Waals surface area contributed by atoms with Gasteiger partial charge in [0.1, 0.15) is 16.6 Å². The number of aromatic nitrogens is 5. The van der Waals surface area contributed by atoms with E-state index in [0.717, 1.165) is 19.3 Å². The molecule has 3 atom stereocenters. The van der Waals surface area contributed by atoms with Crippen molar-refractivity contribution in [1.29, 1.82) is 0 Å². The van der Waals surface area contributed by atoms with Gasteiger partial charge in [0.15, 0.2) is 0 Å². The molecule has 2 aliphatic rings. The van der Waals surface area contributed by atoms with Crippen molar-refractivity contribution in [2.45, 2.75) is 37.4 Å². The molecule has 31 heavy (non-hydrogen) atoms. The smallest absolute Gasteiger partial charge is 0.264 e. The van der Waals surface area contributed by atoms with E-state index in [4.69, 9.17) is 22.3 Å². The highest BCUT2D eigenvalue weighted by Crippen LogP contribution is 2.40. The number of H-pyrrole nitrogens is 1. The van der Waals surface area contributed by atoms with Crippen LogP contribution in [0, 0.1) is 5.82 Å². The lowest BCUT2D eigenvalue weighted by Crippen LogP contribution is -2.40. The number of aryl methyl sites for hydroxylation is 1. The summed E-state index contributed by atoms with van der Waals surface area (Å²) in [7, 11) is 3.37. The van der Waals surface area contributed by atoms with E-state index >= 15 is 4.39 Å². The maximum Gasteiger partial charge on any atom is 0.264 e. The second kappa shape index (κ2) is 6.30. The number of benzene rings is 1. The van der Waals surface area contributed by atoms with Crippen LogP contribution in [0.4, 0.5) is 10.3 Å². The summed E-state index contributed by atoms with van der Waals surface area (Å²) in [6, 6.07) is 3.92. The number of nitrogens with zero attached hydrogens (tertiary/aromatic N) is 5. The van der Waals surface area contributed by atoms with Crippen LogP contribution < -0.4 is 16.2 Å². The second-order valence-electron chi connectivity index (χ2n) is 8.54. The summed E-state index contributed by atoms with van der Waals surface area (Å²) in [6.45, 7) is 0. The normalized spacial score (nSPS) is 23.0. The van der Waals surface area contributed by atoms with Gasteiger partial charge >= 0.3 is 0 Å². The van der Waals surface area contributed by atoms with Crippen molar-refractivity contribution in [1.82, 2.24) is 24.3 Å². The Bertz CT molecular complexity index is 1440. The van der Waals surface area contributed by atoms with E-state index in [1.165, 1.54) is 4.68 Å². The van der Waals surface area contributed by atoms with E-state index in [0.29, 0.717) is 34.1 Å². The first kappa shape index (κ1) is 18.8. The van der Waals surface area contributed by atoms with Crippen LogP contribution in [0.1, 0.15) is 19.3 Å². The van der Waals surface area contributed by atoms with Crippen LogP contribution >= 0.6 is 11.6 Å². The van der Waals surface area contributed by atoms with Gasteiger partial charge in [0.2, 0.25) is 5.95 Å². The maximum absolute atomic E-state index is 15.4. The summed E-state index contributed by atoms with van der Waals surface area (Å²) >= 11 is 6.25. The summed E-state index contributed by atoms with van der Waals surface area (Å²) in [5.74, 6) is 0.101. The number of hydrogen-bond acceptors (Lipinski definition) is 5. The van der Waals surface area contributed by atoms with E-state index in [2.05, 4.69) is 15.0 Å². The van der Waals surface area contributed by atoms with Crippen molar-refractivity contribution in [3.05, 3.63) is 39.7 Å². The molecule has 3 aromatic heterocycles. The third kappa shape index (κ3) is 2.41. The molecular weight excluding hydrogens is 421 g/mol. The molecule has 1 aromatic carbocycles. The molecule has 0 unspecified atom stereocenters. The number of nitrogens with two attached hydrogens (primary N) is 1. The minimum Gasteiger partial charge on any atom is -0.345 e. The zero-order valence-corrected chi connectivity index (χ0v) is 17.8. The number of aromatic amines is 1. The maximum atomic E-state index is 15.4. The third-order valence-corrected chi connectivity index (χ3v) is 7.30. The van der Waals surface area contributed by atoms with Gasteiger partial charge < -0.3 is 15.6 Å². The highest BCUT2D eigenvalue weighted by Gasteiger charge is 2.46. The lowest BCUT2D eigenvalue weighted by atomic mass is 9.97. The Kier molecular flexibility index (Phi) is 3.83. The van der Waals surface area contributed by atoms with Gasteiger partial charge in [0, 0.05) is 49.5 Å². The van der Waals surface area contributed by atoms with Crippen LogP contribution in [-0.2, 0) is 14.1 Å². The summed E-state index contributed by atoms with van der Waals surface area (Å²) in [5.41, 5.74) is 7.68. The van der Waals surface area contributed by atoms with E-state index in [1.807, 2.05) is 0 Å². The molecule has 2 aliphatic heterocycles. The van der Waals surface area contributed by atoms with Gasteiger partial charge in [-0.1, -0.05) is 11.6 Å². The molecule has 6 rings (SSSR count). The van der Waals surface area contributed by atoms with Crippen LogP contribution in [0.2, 0.25) is 5.15 Å². The molecule has 5 heterocycles. The van der Waals surface area contributed by atoms with E-state index in [1.54, 1.807) is 37.0 Å². The van der Waals surface area contributed by atoms with Crippen LogP contribution in [0.5, 0.6) is 0 Å². The molecule has 0 saturated carbocycles. The predicted octanol–water partition coefficient (Wildman–Crippen LogP) is 2.68. The van der Waals surface area contributed by atoms with Gasteiger partial charge in [0.05, 0.1) is 16.3 Å². The molecule has 8 nitrogen and oxygen atoms in total. The average Bonchev–Trinajstić information content (AvgIpc) is 3.48. The predicted molar refractivity (Wildman–Crippen MR) is 118 cm³/mol. The van der Waals surface area contributed by atoms with Crippen LogP contribution in [0.3, 0.4) is 0 Å². The van der Waals surface area contributed by atoms with E-state index < -0.39 is 5.82 Å². The lowest BCUT2D eigenvalue weighted by molar-refractivity contribution is 0.503. The standard InChI is InChI=1S/C21H21ClFN7O/c1-28-20(31)15-11(10-4-5-13-16(17(10)23)18(22)29(2)27-13)8-25-19(15)26-21(28)30-9-3-6-14(30)12(24)7-9/h4-5,8-9,12,14,25H,3,6-7,24H2,1-2H3/t9-,12+,14+/m0/s1. The highest BCUT2D eigenvalue weighted by molar-refractivity contribution is 6.34. The van der Waals surface area contributed by atoms with Gasteiger partial charge in [-0.2, -0.15) is 10.1 Å². The first-order valence-electron chi connectivity index (χ1n) is 10.3. The largest absolute Gasteiger partial charge is 0.345 e. The fourth-order valence-corrected chi connectivity index (χ4v) is 5.58. The quantitative estimate of drug-likeness (QED) is 0.498. The molecule has 3 N–H and O–H groups in total. The Morgan fingerprint density at radius 1 is 1.23 bits per heavy atom. The average molecular weight is 442 g/mol. The first-order chi connectivity index (χ1) is 14.9. The lowest BCUT2D eigenvalue weighted by Gasteiger charge is -2.25. The van der Waals surface area contributed by atoms with Crippen LogP contribution in [0.25, 0.3) is 33.1 Å². The number of hydrogen-bond donors (Lipinski definition) is 2. The number of nitrogens with one attached hydrogen (secondary N) is 1. The Morgan fingerprint density at radius 2 is 2.03 bits per heavy atom. The monoisotopic (exact) mass is 441 g/mol. The highest BCUT2D eigenvalue weighted by atomic mass is 35.5. The molecule has 2 bridgehead atoms. The molecule has 4 aromatic rings. The third-order valence-electron chi connectivity index (χ3n) is 6.86. The first-order valence-corrected chi connectivity index (χ1v) is 10.7. The Labute approximate surface area is 181 Å². The molecule has 160 valence electrons. The summed E-state index contributed by atoms with van der Waals surface area (Å²) < 4.78 is 18.4. The fraction of sp³-hybridized carbons (Fsp3) is 0.381. The number of anilines is 1. The number of halogens is 2. The van der Waals surface area contributed by atoms with Crippen molar-refractivity contribution in [2.75, 3.05) is 4.90 Å². The SMILES string of the molecule is Cn1nc2ccc(-c3c[nH]c4nc(N5[C@H]6CC[C@@H]5[C@H](N)C6)n(C)c(=O)c34)c(F)c2c1Cl. The summed E-state index contributed by atoms with van der Waals surface area (Å²) in [6.07, 6.45) is 4.60. The number of rotatable bonds is 2. The summed E-state index contributed by atoms with van der Waals surface area (Å²) in [5, 5.41) is 5.01. The van der Waals surface area contributed by atoms with E-state index in [-0.39, 0.29) is 33.7 Å². The minimum absolute atomic E-state index is 0.0932. The van der Waals surface area contributed by atoms with Crippen molar-refractivity contribution in [3.8, 4) is 11.1 Å². The zero-order chi connectivity index (χ0) is 21.6. The molecule has 0 spiro atoms. The molecule has 2 fully saturated rings. The molecule has 2 saturated heterocycles. The fourth-order valence-electron chi connectivity index (χ4n) is 5.36. The van der Waals surface area contributed by atoms with Crippen molar-refractivity contribution in [2.24, 2.45) is 19.8 Å². The van der Waals surface area contributed by atoms with Crippen molar-refractivity contribution < 1.29 is 4.39 Å². The van der Waals surface area contributed by atoms with Gasteiger partial charge in [0.25, 0.3) is 5.56 Å². The minimum atomic E-state index is -0.508. The second-order valence-corrected chi connectivity index (χ2v) is 8.90. The molecular formula is C21H21ClFN7O. The van der Waals surface area contributed by atoms with Crippen LogP contribution in [-0.4, -0.2) is 42.4 Å². The van der Waals surface area contributed by atoms with Gasteiger partial charge in [-0.05, 0) is 31.4 Å². The van der Waals surface area contributed by atoms with E-state index in [9.17, 15) is 4.79 Å². The Morgan fingerprint density at radius 3 is 2.74 bits per heavy atom. The van der Waals surface area contributed by atoms with Gasteiger partial charge in [-0.3, -0.25) is 14.0 Å².